The Hall–Kier alpha value is -0.935. The molecule has 18 heavy (non-hydrogen) atoms. The standard InChI is InChI=1S/C13H19BFNO2/c1-6-10-7-9(8-11(15)16-10)14-17-12(2,3)13(4,5)18-14/h7-8H,6H2,1-5H3. The Morgan fingerprint density at radius 1 is 1.17 bits per heavy atom. The van der Waals surface area contributed by atoms with E-state index in [0.29, 0.717) is 17.6 Å². The van der Waals surface area contributed by atoms with Crippen LogP contribution in [0.3, 0.4) is 0 Å². The van der Waals surface area contributed by atoms with Crippen LogP contribution in [0.5, 0.6) is 0 Å². The first-order valence-corrected chi connectivity index (χ1v) is 6.27. The predicted octanol–water partition coefficient (Wildman–Crippen LogP) is 2.08. The molecule has 0 amide bonds. The van der Waals surface area contributed by atoms with Crippen LogP contribution in [0.1, 0.15) is 40.3 Å². The summed E-state index contributed by atoms with van der Waals surface area (Å²) in [6.07, 6.45) is 0.685. The molecule has 1 fully saturated rings. The maximum atomic E-state index is 13.4. The van der Waals surface area contributed by atoms with E-state index in [1.807, 2.05) is 40.7 Å². The summed E-state index contributed by atoms with van der Waals surface area (Å²) >= 11 is 0. The van der Waals surface area contributed by atoms with Crippen molar-refractivity contribution in [3.8, 4) is 0 Å². The van der Waals surface area contributed by atoms with Crippen molar-refractivity contribution in [1.29, 1.82) is 0 Å². The van der Waals surface area contributed by atoms with Crippen molar-refractivity contribution in [3.05, 3.63) is 23.8 Å². The Labute approximate surface area is 108 Å². The minimum atomic E-state index is -0.530. The van der Waals surface area contributed by atoms with Crippen LogP contribution in [-0.4, -0.2) is 23.3 Å². The monoisotopic (exact) mass is 251 g/mol. The molecule has 0 radical (unpaired) electrons. The lowest BCUT2D eigenvalue weighted by Gasteiger charge is -2.32. The minimum absolute atomic E-state index is 0.413. The van der Waals surface area contributed by atoms with Gasteiger partial charge in [0.1, 0.15) is 0 Å². The van der Waals surface area contributed by atoms with Gasteiger partial charge in [-0.05, 0) is 51.7 Å². The van der Waals surface area contributed by atoms with Crippen LogP contribution in [0, 0.1) is 5.95 Å². The van der Waals surface area contributed by atoms with Crippen LogP contribution >= 0.6 is 0 Å². The third-order valence-corrected chi connectivity index (χ3v) is 3.76. The van der Waals surface area contributed by atoms with Crippen molar-refractivity contribution in [2.45, 2.75) is 52.2 Å². The highest BCUT2D eigenvalue weighted by Gasteiger charge is 2.51. The lowest BCUT2D eigenvalue weighted by Crippen LogP contribution is -2.41. The molecule has 1 aliphatic heterocycles. The fourth-order valence-corrected chi connectivity index (χ4v) is 1.87. The Morgan fingerprint density at radius 2 is 1.72 bits per heavy atom. The van der Waals surface area contributed by atoms with E-state index in [1.165, 1.54) is 6.07 Å². The topological polar surface area (TPSA) is 31.4 Å². The highest BCUT2D eigenvalue weighted by Crippen LogP contribution is 2.36. The summed E-state index contributed by atoms with van der Waals surface area (Å²) in [5.74, 6) is -0.487. The Bertz CT molecular complexity index is 446. The number of aromatic nitrogens is 1. The molecule has 1 aromatic rings. The van der Waals surface area contributed by atoms with Crippen molar-refractivity contribution >= 4 is 12.6 Å². The molecule has 98 valence electrons. The first kappa shape index (κ1) is 13.5. The molecular weight excluding hydrogens is 232 g/mol. The van der Waals surface area contributed by atoms with Gasteiger partial charge in [-0.3, -0.25) is 0 Å². The molecule has 1 aromatic heterocycles. The summed E-state index contributed by atoms with van der Waals surface area (Å²) in [7, 11) is -0.530. The minimum Gasteiger partial charge on any atom is -0.399 e. The molecule has 0 bridgehead atoms. The smallest absolute Gasteiger partial charge is 0.399 e. The summed E-state index contributed by atoms with van der Waals surface area (Å²) < 4.78 is 25.2. The van der Waals surface area contributed by atoms with Gasteiger partial charge in [0.05, 0.1) is 11.2 Å². The van der Waals surface area contributed by atoms with Gasteiger partial charge in [-0.25, -0.2) is 4.98 Å². The maximum Gasteiger partial charge on any atom is 0.495 e. The van der Waals surface area contributed by atoms with E-state index in [-0.39, 0.29) is 0 Å². The molecule has 0 N–H and O–H groups in total. The molecule has 5 heteroatoms. The van der Waals surface area contributed by atoms with Crippen molar-refractivity contribution in [3.63, 3.8) is 0 Å². The van der Waals surface area contributed by atoms with E-state index >= 15 is 0 Å². The Balaban J connectivity index is 2.32. The number of hydrogen-bond acceptors (Lipinski definition) is 3. The summed E-state index contributed by atoms with van der Waals surface area (Å²) in [6, 6.07) is 3.21. The van der Waals surface area contributed by atoms with Crippen molar-refractivity contribution < 1.29 is 13.7 Å². The van der Waals surface area contributed by atoms with E-state index < -0.39 is 24.3 Å². The average molecular weight is 251 g/mol. The van der Waals surface area contributed by atoms with Crippen LogP contribution < -0.4 is 5.46 Å². The fraction of sp³-hybridized carbons (Fsp3) is 0.615. The molecular formula is C13H19BFNO2. The third-order valence-electron chi connectivity index (χ3n) is 3.76. The van der Waals surface area contributed by atoms with Crippen molar-refractivity contribution in [1.82, 2.24) is 4.98 Å². The molecule has 2 rings (SSSR count). The lowest BCUT2D eigenvalue weighted by atomic mass is 9.79. The van der Waals surface area contributed by atoms with Gasteiger partial charge in [0, 0.05) is 5.69 Å². The van der Waals surface area contributed by atoms with E-state index in [9.17, 15) is 4.39 Å². The van der Waals surface area contributed by atoms with Gasteiger partial charge < -0.3 is 9.31 Å². The molecule has 0 aromatic carbocycles. The summed E-state index contributed by atoms with van der Waals surface area (Å²) in [4.78, 5) is 3.82. The van der Waals surface area contributed by atoms with Gasteiger partial charge in [-0.2, -0.15) is 4.39 Å². The molecule has 1 aliphatic rings. The van der Waals surface area contributed by atoms with Gasteiger partial charge >= 0.3 is 7.12 Å². The Morgan fingerprint density at radius 3 is 2.22 bits per heavy atom. The van der Waals surface area contributed by atoms with Gasteiger partial charge in [-0.1, -0.05) is 6.92 Å². The first-order chi connectivity index (χ1) is 8.25. The lowest BCUT2D eigenvalue weighted by molar-refractivity contribution is 0.00578. The molecule has 2 heterocycles. The van der Waals surface area contributed by atoms with Gasteiger partial charge in [0.25, 0.3) is 0 Å². The third kappa shape index (κ3) is 2.29. The zero-order valence-electron chi connectivity index (χ0n) is 11.6. The zero-order chi connectivity index (χ0) is 13.6. The number of pyridine rings is 1. The molecule has 1 saturated heterocycles. The molecule has 0 unspecified atom stereocenters. The van der Waals surface area contributed by atoms with Crippen LogP contribution in [0.25, 0.3) is 0 Å². The molecule has 0 saturated carbocycles. The highest BCUT2D eigenvalue weighted by molar-refractivity contribution is 6.62. The number of rotatable bonds is 2. The quantitative estimate of drug-likeness (QED) is 0.595. The predicted molar refractivity (Wildman–Crippen MR) is 69.3 cm³/mol. The SMILES string of the molecule is CCc1cc(B2OC(C)(C)C(C)(C)O2)cc(F)n1. The summed E-state index contributed by atoms with van der Waals surface area (Å²) in [5.41, 5.74) is 0.575. The van der Waals surface area contributed by atoms with E-state index in [4.69, 9.17) is 9.31 Å². The second-order valence-corrected chi connectivity index (χ2v) is 5.66. The van der Waals surface area contributed by atoms with E-state index in [2.05, 4.69) is 4.98 Å². The molecule has 0 spiro atoms. The van der Waals surface area contributed by atoms with Crippen LogP contribution in [-0.2, 0) is 15.7 Å². The second-order valence-electron chi connectivity index (χ2n) is 5.66. The van der Waals surface area contributed by atoms with Crippen molar-refractivity contribution in [2.24, 2.45) is 0 Å². The first-order valence-electron chi connectivity index (χ1n) is 6.27. The zero-order valence-corrected chi connectivity index (χ0v) is 11.6. The van der Waals surface area contributed by atoms with Gasteiger partial charge in [-0.15, -0.1) is 0 Å². The normalized spacial score (nSPS) is 21.3. The van der Waals surface area contributed by atoms with Crippen LogP contribution in [0.2, 0.25) is 0 Å². The van der Waals surface area contributed by atoms with E-state index in [1.54, 1.807) is 0 Å². The van der Waals surface area contributed by atoms with Gasteiger partial charge in [0.15, 0.2) is 0 Å². The van der Waals surface area contributed by atoms with Crippen LogP contribution in [0.4, 0.5) is 4.39 Å². The number of hydrogen-bond donors (Lipinski definition) is 0. The second kappa shape index (κ2) is 4.32. The summed E-state index contributed by atoms with van der Waals surface area (Å²) in [5, 5.41) is 0. The highest BCUT2D eigenvalue weighted by atomic mass is 19.1. The molecule has 3 nitrogen and oxygen atoms in total. The number of aryl methyl sites for hydroxylation is 1. The van der Waals surface area contributed by atoms with E-state index in [0.717, 1.165) is 0 Å². The molecule has 0 atom stereocenters. The van der Waals surface area contributed by atoms with Crippen molar-refractivity contribution in [2.75, 3.05) is 0 Å². The number of halogens is 1. The largest absolute Gasteiger partial charge is 0.495 e. The van der Waals surface area contributed by atoms with Crippen LogP contribution in [0.15, 0.2) is 12.1 Å². The fourth-order valence-electron chi connectivity index (χ4n) is 1.87. The molecule has 0 aliphatic carbocycles. The average Bonchev–Trinajstić information content (AvgIpc) is 2.47. The number of nitrogens with zero attached hydrogens (tertiary/aromatic N) is 1. The van der Waals surface area contributed by atoms with Gasteiger partial charge in [0.2, 0.25) is 5.95 Å². The maximum absolute atomic E-state index is 13.4. The summed E-state index contributed by atoms with van der Waals surface area (Å²) in [6.45, 7) is 9.85. The Kier molecular flexibility index (Phi) is 3.24.